The predicted molar refractivity (Wildman–Crippen MR) is 102 cm³/mol. The van der Waals surface area contributed by atoms with Gasteiger partial charge in [-0.15, -0.1) is 0 Å². The third-order valence-corrected chi connectivity index (χ3v) is 3.68. The molecule has 0 saturated carbocycles. The number of nitro benzene ring substituents is 1. The number of benzene rings is 2. The highest BCUT2D eigenvalue weighted by atomic mass is 16.6. The summed E-state index contributed by atoms with van der Waals surface area (Å²) in [6, 6.07) is 10.8. The molecule has 1 N–H and O–H groups in total. The lowest BCUT2D eigenvalue weighted by atomic mass is 10.2. The van der Waals surface area contributed by atoms with Crippen molar-refractivity contribution in [1.29, 1.82) is 0 Å². The second kappa shape index (κ2) is 9.41. The Bertz CT molecular complexity index is 773. The van der Waals surface area contributed by atoms with Crippen molar-refractivity contribution in [3.63, 3.8) is 0 Å². The minimum atomic E-state index is -0.478. The maximum absolute atomic E-state index is 11.4. The van der Waals surface area contributed by atoms with E-state index in [2.05, 4.69) is 10.5 Å². The standard InChI is InChI=1S/C19H23N3O4/c1-4-5-10-26-19-17(22(23)24)11-15(12-18(19)25-3)13-20-21-16-8-6-14(2)7-9-16/h6-9,11-13,21H,4-5,10H2,1-3H3/b20-13+. The van der Waals surface area contributed by atoms with Crippen LogP contribution in [0.25, 0.3) is 0 Å². The lowest BCUT2D eigenvalue weighted by molar-refractivity contribution is -0.386. The van der Waals surface area contributed by atoms with Crippen molar-refractivity contribution >= 4 is 17.6 Å². The van der Waals surface area contributed by atoms with Crippen molar-refractivity contribution in [2.45, 2.75) is 26.7 Å². The topological polar surface area (TPSA) is 86.0 Å². The summed E-state index contributed by atoms with van der Waals surface area (Å²) in [7, 11) is 1.46. The summed E-state index contributed by atoms with van der Waals surface area (Å²) in [6.45, 7) is 4.42. The fourth-order valence-electron chi connectivity index (χ4n) is 2.24. The van der Waals surface area contributed by atoms with Crippen LogP contribution in [0.3, 0.4) is 0 Å². The number of nitrogens with zero attached hydrogens (tertiary/aromatic N) is 2. The van der Waals surface area contributed by atoms with E-state index in [-0.39, 0.29) is 11.4 Å². The average Bonchev–Trinajstić information content (AvgIpc) is 2.63. The Labute approximate surface area is 152 Å². The summed E-state index contributed by atoms with van der Waals surface area (Å²) in [5.74, 6) is 0.460. The molecule has 0 atom stereocenters. The Kier molecular flexibility index (Phi) is 6.96. The number of methoxy groups -OCH3 is 1. The molecular weight excluding hydrogens is 334 g/mol. The number of ether oxygens (including phenoxy) is 2. The zero-order valence-electron chi connectivity index (χ0n) is 15.2. The number of hydrazone groups is 1. The maximum atomic E-state index is 11.4. The first-order valence-corrected chi connectivity index (χ1v) is 8.40. The van der Waals surface area contributed by atoms with E-state index < -0.39 is 4.92 Å². The fraction of sp³-hybridized carbons (Fsp3) is 0.316. The van der Waals surface area contributed by atoms with E-state index in [0.29, 0.717) is 17.9 Å². The number of hydrogen-bond donors (Lipinski definition) is 1. The van der Waals surface area contributed by atoms with E-state index in [0.717, 1.165) is 24.1 Å². The molecule has 0 fully saturated rings. The van der Waals surface area contributed by atoms with Crippen LogP contribution in [0, 0.1) is 17.0 Å². The molecule has 0 aromatic heterocycles. The highest BCUT2D eigenvalue weighted by Crippen LogP contribution is 2.38. The second-order valence-corrected chi connectivity index (χ2v) is 5.77. The molecule has 0 heterocycles. The van der Waals surface area contributed by atoms with Gasteiger partial charge in [0, 0.05) is 11.6 Å². The molecule has 0 saturated heterocycles. The average molecular weight is 357 g/mol. The van der Waals surface area contributed by atoms with Gasteiger partial charge in [-0.2, -0.15) is 5.10 Å². The van der Waals surface area contributed by atoms with Crippen LogP contribution in [0.2, 0.25) is 0 Å². The normalized spacial score (nSPS) is 10.7. The van der Waals surface area contributed by atoms with Gasteiger partial charge in [-0.1, -0.05) is 31.0 Å². The van der Waals surface area contributed by atoms with Gasteiger partial charge in [-0.05, 0) is 31.5 Å². The van der Waals surface area contributed by atoms with Crippen LogP contribution >= 0.6 is 0 Å². The summed E-state index contributed by atoms with van der Waals surface area (Å²) >= 11 is 0. The van der Waals surface area contributed by atoms with Gasteiger partial charge in [0.1, 0.15) is 0 Å². The number of nitro groups is 1. The van der Waals surface area contributed by atoms with Crippen LogP contribution in [-0.4, -0.2) is 24.9 Å². The van der Waals surface area contributed by atoms with Crippen molar-refractivity contribution in [1.82, 2.24) is 0 Å². The van der Waals surface area contributed by atoms with Crippen LogP contribution < -0.4 is 14.9 Å². The van der Waals surface area contributed by atoms with Crippen molar-refractivity contribution in [2.24, 2.45) is 5.10 Å². The van der Waals surface area contributed by atoms with Gasteiger partial charge in [0.05, 0.1) is 30.5 Å². The van der Waals surface area contributed by atoms with Crippen molar-refractivity contribution in [3.8, 4) is 11.5 Å². The Morgan fingerprint density at radius 3 is 2.62 bits per heavy atom. The van der Waals surface area contributed by atoms with Crippen LogP contribution in [0.4, 0.5) is 11.4 Å². The SMILES string of the molecule is CCCCOc1c(OC)cc(/C=N/Nc2ccc(C)cc2)cc1[N+](=O)[O-]. The lowest BCUT2D eigenvalue weighted by Gasteiger charge is -2.11. The molecule has 2 aromatic carbocycles. The first-order valence-electron chi connectivity index (χ1n) is 8.40. The summed E-state index contributed by atoms with van der Waals surface area (Å²) < 4.78 is 10.8. The van der Waals surface area contributed by atoms with Gasteiger partial charge >= 0.3 is 5.69 Å². The first-order chi connectivity index (χ1) is 12.5. The van der Waals surface area contributed by atoms with Crippen LogP contribution in [0.15, 0.2) is 41.5 Å². The van der Waals surface area contributed by atoms with Gasteiger partial charge in [-0.25, -0.2) is 0 Å². The molecule has 2 aromatic rings. The minimum absolute atomic E-state index is 0.141. The molecule has 0 amide bonds. The van der Waals surface area contributed by atoms with Gasteiger partial charge < -0.3 is 9.47 Å². The van der Waals surface area contributed by atoms with E-state index in [1.807, 2.05) is 38.1 Å². The van der Waals surface area contributed by atoms with Crippen LogP contribution in [0.1, 0.15) is 30.9 Å². The molecular formula is C19H23N3O4. The quantitative estimate of drug-likeness (QED) is 0.308. The number of rotatable bonds is 9. The molecule has 0 bridgehead atoms. The zero-order valence-corrected chi connectivity index (χ0v) is 15.2. The monoisotopic (exact) mass is 357 g/mol. The number of aryl methyl sites for hydroxylation is 1. The summed E-state index contributed by atoms with van der Waals surface area (Å²) in [5.41, 5.74) is 5.27. The highest BCUT2D eigenvalue weighted by molar-refractivity contribution is 5.83. The minimum Gasteiger partial charge on any atom is -0.493 e. The second-order valence-electron chi connectivity index (χ2n) is 5.77. The molecule has 0 spiro atoms. The van der Waals surface area contributed by atoms with E-state index >= 15 is 0 Å². The summed E-state index contributed by atoms with van der Waals surface area (Å²) in [4.78, 5) is 10.9. The zero-order chi connectivity index (χ0) is 18.9. The third kappa shape index (κ3) is 5.20. The van der Waals surface area contributed by atoms with E-state index in [4.69, 9.17) is 9.47 Å². The molecule has 2 rings (SSSR count). The Balaban J connectivity index is 2.22. The number of hydrogen-bond acceptors (Lipinski definition) is 6. The first kappa shape index (κ1) is 19.2. The van der Waals surface area contributed by atoms with Gasteiger partial charge in [0.15, 0.2) is 5.75 Å². The van der Waals surface area contributed by atoms with Gasteiger partial charge in [-0.3, -0.25) is 15.5 Å². The van der Waals surface area contributed by atoms with Crippen LogP contribution in [-0.2, 0) is 0 Å². The molecule has 0 radical (unpaired) electrons. The number of nitrogens with one attached hydrogen (secondary N) is 1. The molecule has 0 aliphatic rings. The molecule has 7 nitrogen and oxygen atoms in total. The number of anilines is 1. The van der Waals surface area contributed by atoms with Crippen molar-refractivity contribution in [2.75, 3.05) is 19.1 Å². The van der Waals surface area contributed by atoms with E-state index in [1.165, 1.54) is 19.4 Å². The Morgan fingerprint density at radius 1 is 1.27 bits per heavy atom. The largest absolute Gasteiger partial charge is 0.493 e. The van der Waals surface area contributed by atoms with Crippen LogP contribution in [0.5, 0.6) is 11.5 Å². The highest BCUT2D eigenvalue weighted by Gasteiger charge is 2.21. The molecule has 26 heavy (non-hydrogen) atoms. The van der Waals surface area contributed by atoms with Crippen molar-refractivity contribution in [3.05, 3.63) is 57.6 Å². The van der Waals surface area contributed by atoms with E-state index in [1.54, 1.807) is 6.07 Å². The lowest BCUT2D eigenvalue weighted by Crippen LogP contribution is -2.03. The van der Waals surface area contributed by atoms with Gasteiger partial charge in [0.25, 0.3) is 0 Å². The van der Waals surface area contributed by atoms with Gasteiger partial charge in [0.2, 0.25) is 5.75 Å². The molecule has 0 aliphatic heterocycles. The molecule has 0 aliphatic carbocycles. The smallest absolute Gasteiger partial charge is 0.315 e. The van der Waals surface area contributed by atoms with E-state index in [9.17, 15) is 10.1 Å². The summed E-state index contributed by atoms with van der Waals surface area (Å²) in [6.07, 6.45) is 3.25. The summed E-state index contributed by atoms with van der Waals surface area (Å²) in [5, 5.41) is 15.5. The third-order valence-electron chi connectivity index (χ3n) is 3.68. The number of unbranched alkanes of at least 4 members (excludes halogenated alkanes) is 1. The Morgan fingerprint density at radius 2 is 2.00 bits per heavy atom. The fourth-order valence-corrected chi connectivity index (χ4v) is 2.24. The predicted octanol–water partition coefficient (Wildman–Crippen LogP) is 4.54. The maximum Gasteiger partial charge on any atom is 0.315 e. The Hall–Kier alpha value is -3.09. The molecule has 138 valence electrons. The van der Waals surface area contributed by atoms with Crippen molar-refractivity contribution < 1.29 is 14.4 Å². The molecule has 7 heteroatoms. The molecule has 0 unspecified atom stereocenters.